The molecule has 0 nitrogen and oxygen atoms in total. The van der Waals surface area contributed by atoms with Crippen LogP contribution in [0, 0.1) is 0 Å². The molecule has 0 amide bonds. The summed E-state index contributed by atoms with van der Waals surface area (Å²) in [5.41, 5.74) is 3.59. The fourth-order valence-corrected chi connectivity index (χ4v) is 2.33. The molecule has 0 aliphatic heterocycles. The Morgan fingerprint density at radius 1 is 0.650 bits per heavy atom. The molecule has 0 saturated heterocycles. The molecule has 0 aromatic heterocycles. The fourth-order valence-electron chi connectivity index (χ4n) is 2.33. The molecule has 0 saturated carbocycles. The van der Waals surface area contributed by atoms with Gasteiger partial charge in [0.15, 0.2) is 0 Å². The van der Waals surface area contributed by atoms with Gasteiger partial charge in [0.2, 0.25) is 0 Å². The maximum Gasteiger partial charge on any atom is -0.0111 e. The number of hydrogen-bond acceptors (Lipinski definition) is 0. The van der Waals surface area contributed by atoms with E-state index >= 15 is 0 Å². The van der Waals surface area contributed by atoms with Gasteiger partial charge in [0.25, 0.3) is 0 Å². The van der Waals surface area contributed by atoms with Crippen molar-refractivity contribution < 1.29 is 0 Å². The topological polar surface area (TPSA) is 0 Å². The van der Waals surface area contributed by atoms with E-state index in [-0.39, 0.29) is 0 Å². The number of hydrogen-bond donors (Lipinski definition) is 0. The number of fused-ring (bicyclic) bond motifs is 1. The van der Waals surface area contributed by atoms with Crippen LogP contribution < -0.4 is 0 Å². The van der Waals surface area contributed by atoms with Gasteiger partial charge in [0.1, 0.15) is 0 Å². The average Bonchev–Trinajstić information content (AvgIpc) is 2.53. The van der Waals surface area contributed by atoms with Crippen LogP contribution in [-0.4, -0.2) is 0 Å². The summed E-state index contributed by atoms with van der Waals surface area (Å²) in [7, 11) is 0. The van der Waals surface area contributed by atoms with Crippen LogP contribution in [0.3, 0.4) is 0 Å². The highest BCUT2D eigenvalue weighted by Crippen LogP contribution is 2.20. The van der Waals surface area contributed by atoms with Crippen molar-refractivity contribution in [1.29, 1.82) is 0 Å². The highest BCUT2D eigenvalue weighted by molar-refractivity contribution is 5.92. The molecule has 0 radical (unpaired) electrons. The van der Waals surface area contributed by atoms with Gasteiger partial charge < -0.3 is 0 Å². The summed E-state index contributed by atoms with van der Waals surface area (Å²) in [5, 5.41) is 2.56. The Labute approximate surface area is 119 Å². The van der Waals surface area contributed by atoms with Crippen molar-refractivity contribution in [2.24, 2.45) is 0 Å². The van der Waals surface area contributed by atoms with E-state index in [0.717, 1.165) is 5.56 Å². The fraction of sp³-hybridized carbons (Fsp3) is 0. The van der Waals surface area contributed by atoms with Crippen LogP contribution in [-0.2, 0) is 0 Å². The van der Waals surface area contributed by atoms with Gasteiger partial charge in [0, 0.05) is 0 Å². The first-order chi connectivity index (χ1) is 9.86. The van der Waals surface area contributed by atoms with Crippen LogP contribution >= 0.6 is 0 Å². The second kappa shape index (κ2) is 5.58. The second-order valence-corrected chi connectivity index (χ2v) is 4.77. The maximum absolute atomic E-state index is 3.77. The molecule has 0 aliphatic rings. The maximum atomic E-state index is 3.77. The summed E-state index contributed by atoms with van der Waals surface area (Å²) in [6, 6.07) is 23.2. The molecule has 20 heavy (non-hydrogen) atoms. The predicted molar refractivity (Wildman–Crippen MR) is 89.4 cm³/mol. The lowest BCUT2D eigenvalue weighted by atomic mass is 10.0. The third-order valence-electron chi connectivity index (χ3n) is 3.45. The molecule has 0 spiro atoms. The highest BCUT2D eigenvalue weighted by Gasteiger charge is 1.96. The normalized spacial score (nSPS) is 11.0. The Bertz CT molecular complexity index is 756. The van der Waals surface area contributed by atoms with Crippen LogP contribution in [0.1, 0.15) is 16.7 Å². The van der Waals surface area contributed by atoms with Gasteiger partial charge in [-0.1, -0.05) is 91.5 Å². The van der Waals surface area contributed by atoms with Gasteiger partial charge in [-0.15, -0.1) is 0 Å². The van der Waals surface area contributed by atoms with E-state index in [2.05, 4.69) is 85.5 Å². The van der Waals surface area contributed by atoms with E-state index in [1.165, 1.54) is 21.9 Å². The molecular formula is C20H16. The minimum atomic E-state index is 1.15. The van der Waals surface area contributed by atoms with E-state index < -0.39 is 0 Å². The lowest BCUT2D eigenvalue weighted by Crippen LogP contribution is -1.78. The number of rotatable bonds is 3. The summed E-state index contributed by atoms with van der Waals surface area (Å²) in [6.45, 7) is 3.77. The molecular weight excluding hydrogens is 240 g/mol. The lowest BCUT2D eigenvalue weighted by molar-refractivity contribution is 1.62. The largest absolute Gasteiger partial charge is 0.0985 e. The SMILES string of the molecule is C=Cc1ccc(C=Cc2cccc3ccccc23)cc1. The minimum absolute atomic E-state index is 1.15. The molecule has 3 rings (SSSR count). The van der Waals surface area contributed by atoms with Crippen molar-refractivity contribution in [2.45, 2.75) is 0 Å². The summed E-state index contributed by atoms with van der Waals surface area (Å²) >= 11 is 0. The Morgan fingerprint density at radius 3 is 2.15 bits per heavy atom. The van der Waals surface area contributed by atoms with Gasteiger partial charge in [-0.25, -0.2) is 0 Å². The van der Waals surface area contributed by atoms with E-state index in [1.807, 2.05) is 6.08 Å². The zero-order valence-corrected chi connectivity index (χ0v) is 11.3. The van der Waals surface area contributed by atoms with Crippen LogP contribution in [0.5, 0.6) is 0 Å². The first-order valence-corrected chi connectivity index (χ1v) is 6.75. The molecule has 0 bridgehead atoms. The molecule has 0 heterocycles. The molecule has 0 atom stereocenters. The Hall–Kier alpha value is -2.60. The van der Waals surface area contributed by atoms with Crippen molar-refractivity contribution >= 4 is 29.0 Å². The van der Waals surface area contributed by atoms with Crippen molar-refractivity contribution in [3.05, 3.63) is 90.0 Å². The minimum Gasteiger partial charge on any atom is -0.0985 e. The highest BCUT2D eigenvalue weighted by atomic mass is 14.0. The Kier molecular flexibility index (Phi) is 3.47. The quantitative estimate of drug-likeness (QED) is 0.531. The molecule has 96 valence electrons. The molecule has 3 aromatic rings. The van der Waals surface area contributed by atoms with Gasteiger partial charge >= 0.3 is 0 Å². The van der Waals surface area contributed by atoms with Crippen molar-refractivity contribution in [3.63, 3.8) is 0 Å². The summed E-state index contributed by atoms with van der Waals surface area (Å²) < 4.78 is 0. The molecule has 0 N–H and O–H groups in total. The first-order valence-electron chi connectivity index (χ1n) is 6.75. The molecule has 0 aliphatic carbocycles. The third-order valence-corrected chi connectivity index (χ3v) is 3.45. The van der Waals surface area contributed by atoms with E-state index in [1.54, 1.807) is 0 Å². The molecule has 3 aromatic carbocycles. The third kappa shape index (κ3) is 2.55. The number of benzene rings is 3. The van der Waals surface area contributed by atoms with Gasteiger partial charge in [-0.05, 0) is 27.5 Å². The van der Waals surface area contributed by atoms with Crippen molar-refractivity contribution in [2.75, 3.05) is 0 Å². The van der Waals surface area contributed by atoms with Crippen LogP contribution in [0.15, 0.2) is 73.3 Å². The van der Waals surface area contributed by atoms with Gasteiger partial charge in [0.05, 0.1) is 0 Å². The van der Waals surface area contributed by atoms with E-state index in [4.69, 9.17) is 0 Å². The smallest absolute Gasteiger partial charge is 0.0111 e. The van der Waals surface area contributed by atoms with Gasteiger partial charge in [-0.2, -0.15) is 0 Å². The summed E-state index contributed by atoms with van der Waals surface area (Å²) in [5.74, 6) is 0. The summed E-state index contributed by atoms with van der Waals surface area (Å²) in [4.78, 5) is 0. The van der Waals surface area contributed by atoms with Crippen LogP contribution in [0.2, 0.25) is 0 Å². The van der Waals surface area contributed by atoms with Crippen molar-refractivity contribution in [3.8, 4) is 0 Å². The lowest BCUT2D eigenvalue weighted by Gasteiger charge is -2.02. The second-order valence-electron chi connectivity index (χ2n) is 4.77. The first kappa shape index (κ1) is 12.4. The Morgan fingerprint density at radius 2 is 1.35 bits per heavy atom. The van der Waals surface area contributed by atoms with Crippen LogP contribution in [0.4, 0.5) is 0 Å². The molecule has 0 unspecified atom stereocenters. The van der Waals surface area contributed by atoms with E-state index in [9.17, 15) is 0 Å². The molecule has 0 heteroatoms. The summed E-state index contributed by atoms with van der Waals surface area (Å²) in [6.07, 6.45) is 6.18. The standard InChI is InChI=1S/C20H16/c1-2-16-10-12-17(13-11-16)14-15-19-8-5-7-18-6-3-4-9-20(18)19/h2-15H,1H2. The predicted octanol–water partition coefficient (Wildman–Crippen LogP) is 5.65. The monoisotopic (exact) mass is 256 g/mol. The molecule has 0 fully saturated rings. The van der Waals surface area contributed by atoms with Crippen molar-refractivity contribution in [1.82, 2.24) is 0 Å². The van der Waals surface area contributed by atoms with Crippen LogP contribution in [0.25, 0.3) is 29.0 Å². The average molecular weight is 256 g/mol. The van der Waals surface area contributed by atoms with E-state index in [0.29, 0.717) is 0 Å². The Balaban J connectivity index is 1.95. The van der Waals surface area contributed by atoms with Gasteiger partial charge in [-0.3, -0.25) is 0 Å². The zero-order chi connectivity index (χ0) is 13.8. The zero-order valence-electron chi connectivity index (χ0n) is 11.3.